The topological polar surface area (TPSA) is 80.3 Å². The van der Waals surface area contributed by atoms with E-state index in [0.717, 1.165) is 24.3 Å². The van der Waals surface area contributed by atoms with Gasteiger partial charge in [-0.15, -0.1) is 0 Å². The van der Waals surface area contributed by atoms with Crippen molar-refractivity contribution in [3.63, 3.8) is 0 Å². The second-order valence-corrected chi connectivity index (χ2v) is 2.15. The van der Waals surface area contributed by atoms with E-state index in [1.54, 1.807) is 0 Å². The van der Waals surface area contributed by atoms with Crippen LogP contribution in [0.2, 0.25) is 0 Å². The molecule has 0 aliphatic rings. The van der Waals surface area contributed by atoms with Crippen LogP contribution in [0, 0.1) is 0 Å². The molecule has 13 heavy (non-hydrogen) atoms. The van der Waals surface area contributed by atoms with Crippen LogP contribution in [0.3, 0.4) is 0 Å². The molecule has 4 nitrogen and oxygen atoms in total. The third-order valence-electron chi connectivity index (χ3n) is 1.36. The molecule has 0 aromatic heterocycles. The minimum absolute atomic E-state index is 0. The molecular weight excluding hydrogens is 248 g/mol. The van der Waals surface area contributed by atoms with Crippen LogP contribution in [-0.4, -0.2) is 57.4 Å². The van der Waals surface area contributed by atoms with Gasteiger partial charge in [-0.3, -0.25) is 0 Å². The summed E-state index contributed by atoms with van der Waals surface area (Å²) in [4.78, 5) is 20.4. The number of hydrogen-bond acceptors (Lipinski definition) is 4. The van der Waals surface area contributed by atoms with E-state index in [4.69, 9.17) is 0 Å². The fraction of sp³-hybridized carbons (Fsp3) is 0. The first kappa shape index (κ1) is 12.6. The molecule has 0 fully saturated rings. The van der Waals surface area contributed by atoms with Crippen molar-refractivity contribution in [3.8, 4) is 0 Å². The van der Waals surface area contributed by atoms with Crippen LogP contribution in [0.5, 0.6) is 0 Å². The van der Waals surface area contributed by atoms with Crippen molar-refractivity contribution >= 4 is 57.4 Å². The molecule has 62 valence electrons. The van der Waals surface area contributed by atoms with Gasteiger partial charge in [-0.2, -0.15) is 0 Å². The average Bonchev–Trinajstić information content (AvgIpc) is 2.04. The third kappa shape index (κ3) is 3.48. The first-order chi connectivity index (χ1) is 5.61. The van der Waals surface area contributed by atoms with Crippen molar-refractivity contribution in [2.24, 2.45) is 0 Å². The van der Waals surface area contributed by atoms with Gasteiger partial charge in [0.25, 0.3) is 0 Å². The van der Waals surface area contributed by atoms with Crippen molar-refractivity contribution in [3.05, 3.63) is 35.4 Å². The average molecular weight is 252 g/mol. The number of hydrogen-bond donors (Lipinski definition) is 0. The van der Waals surface area contributed by atoms with Gasteiger partial charge in [0.15, 0.2) is 0 Å². The number of benzene rings is 1. The molecule has 0 spiro atoms. The van der Waals surface area contributed by atoms with E-state index in [-0.39, 0.29) is 56.6 Å². The smallest absolute Gasteiger partial charge is 0.545 e. The Morgan fingerprint density at radius 3 is 1.23 bits per heavy atom. The molecule has 0 heterocycles. The number of carbonyl (C=O) groups excluding carboxylic acids is 2. The zero-order valence-electron chi connectivity index (χ0n) is 6.65. The van der Waals surface area contributed by atoms with Crippen LogP contribution >= 0.6 is 0 Å². The molecule has 0 bridgehead atoms. The summed E-state index contributed by atoms with van der Waals surface area (Å²) in [5, 5.41) is 20.4. The van der Waals surface area contributed by atoms with Gasteiger partial charge in [0, 0.05) is 0 Å². The van der Waals surface area contributed by atoms with Crippen molar-refractivity contribution in [1.82, 2.24) is 0 Å². The maximum Gasteiger partial charge on any atom is 2.00 e. The Kier molecular flexibility index (Phi) is 5.24. The van der Waals surface area contributed by atoms with E-state index < -0.39 is 11.9 Å². The Bertz CT molecular complexity index is 284. The summed E-state index contributed by atoms with van der Waals surface area (Å²) in [6.45, 7) is 0. The largest absolute Gasteiger partial charge is 2.00 e. The molecule has 0 radical (unpaired) electrons. The Labute approximate surface area is 111 Å². The molecule has 0 N–H and O–H groups in total. The SMILES string of the molecule is O=C([O-])c1ccc(C(=O)[O-])cc1.[Sr+2]. The number of carboxylic acids is 2. The minimum atomic E-state index is -1.33. The third-order valence-corrected chi connectivity index (χ3v) is 1.36. The summed E-state index contributed by atoms with van der Waals surface area (Å²) in [7, 11) is 0. The standard InChI is InChI=1S/C8H6O4.Sr/c9-7(10)5-1-2-6(4-3-5)8(11)12;/h1-4H,(H,9,10)(H,11,12);/q;+2/p-2. The monoisotopic (exact) mass is 252 g/mol. The van der Waals surface area contributed by atoms with E-state index >= 15 is 0 Å². The Morgan fingerprint density at radius 1 is 0.846 bits per heavy atom. The Morgan fingerprint density at radius 2 is 1.08 bits per heavy atom. The van der Waals surface area contributed by atoms with Gasteiger partial charge in [-0.05, 0) is 11.1 Å². The minimum Gasteiger partial charge on any atom is -0.545 e. The molecule has 0 saturated heterocycles. The van der Waals surface area contributed by atoms with Crippen molar-refractivity contribution < 1.29 is 19.8 Å². The molecule has 0 amide bonds. The predicted octanol–water partition coefficient (Wildman–Crippen LogP) is -1.97. The summed E-state index contributed by atoms with van der Waals surface area (Å²) < 4.78 is 0. The molecule has 0 saturated carbocycles. The molecule has 1 aromatic rings. The second kappa shape index (κ2) is 5.39. The molecule has 0 atom stereocenters. The maximum absolute atomic E-state index is 10.2. The van der Waals surface area contributed by atoms with E-state index in [2.05, 4.69) is 0 Å². The van der Waals surface area contributed by atoms with Crippen LogP contribution in [0.4, 0.5) is 0 Å². The van der Waals surface area contributed by atoms with Gasteiger partial charge in [0.1, 0.15) is 0 Å². The van der Waals surface area contributed by atoms with Crippen LogP contribution in [0.15, 0.2) is 24.3 Å². The normalized spacial score (nSPS) is 8.62. The summed E-state index contributed by atoms with van der Waals surface area (Å²) >= 11 is 0. The van der Waals surface area contributed by atoms with Gasteiger partial charge < -0.3 is 19.8 Å². The van der Waals surface area contributed by atoms with Gasteiger partial charge in [0.05, 0.1) is 11.9 Å². The van der Waals surface area contributed by atoms with Crippen molar-refractivity contribution in [1.29, 1.82) is 0 Å². The molecule has 0 unspecified atom stereocenters. The number of aromatic carboxylic acids is 2. The molecule has 1 rings (SSSR count). The second-order valence-electron chi connectivity index (χ2n) is 2.15. The van der Waals surface area contributed by atoms with Crippen LogP contribution in [0.25, 0.3) is 0 Å². The zero-order valence-corrected chi connectivity index (χ0v) is 10.1. The number of carboxylic acid groups (broad SMARTS) is 2. The number of carbonyl (C=O) groups is 2. The molecule has 5 heteroatoms. The molecule has 1 aromatic carbocycles. The van der Waals surface area contributed by atoms with Crippen molar-refractivity contribution in [2.75, 3.05) is 0 Å². The van der Waals surface area contributed by atoms with Gasteiger partial charge in [-0.1, -0.05) is 24.3 Å². The van der Waals surface area contributed by atoms with E-state index in [1.807, 2.05) is 0 Å². The van der Waals surface area contributed by atoms with Crippen molar-refractivity contribution in [2.45, 2.75) is 0 Å². The quantitative estimate of drug-likeness (QED) is 0.572. The van der Waals surface area contributed by atoms with Gasteiger partial charge >= 0.3 is 45.5 Å². The van der Waals surface area contributed by atoms with Crippen LogP contribution in [-0.2, 0) is 0 Å². The Hall–Kier alpha value is -0.359. The van der Waals surface area contributed by atoms with Crippen LogP contribution < -0.4 is 10.2 Å². The van der Waals surface area contributed by atoms with E-state index in [9.17, 15) is 19.8 Å². The van der Waals surface area contributed by atoms with Crippen LogP contribution in [0.1, 0.15) is 20.7 Å². The fourth-order valence-electron chi connectivity index (χ4n) is 0.742. The van der Waals surface area contributed by atoms with E-state index in [0.29, 0.717) is 0 Å². The van der Waals surface area contributed by atoms with Gasteiger partial charge in [0.2, 0.25) is 0 Å². The predicted molar refractivity (Wildman–Crippen MR) is 40.9 cm³/mol. The fourth-order valence-corrected chi connectivity index (χ4v) is 0.742. The number of rotatable bonds is 2. The van der Waals surface area contributed by atoms with E-state index in [1.165, 1.54) is 0 Å². The summed E-state index contributed by atoms with van der Waals surface area (Å²) in [6.07, 6.45) is 0. The summed E-state index contributed by atoms with van der Waals surface area (Å²) in [5.74, 6) is -2.67. The zero-order chi connectivity index (χ0) is 9.14. The summed E-state index contributed by atoms with van der Waals surface area (Å²) in [5.41, 5.74) is -0.111. The molecule has 0 aliphatic heterocycles. The first-order valence-corrected chi connectivity index (χ1v) is 3.14. The van der Waals surface area contributed by atoms with Gasteiger partial charge in [-0.25, -0.2) is 0 Å². The molecular formula is C8H4O4Sr. The summed E-state index contributed by atoms with van der Waals surface area (Å²) in [6, 6.07) is 4.61. The molecule has 0 aliphatic carbocycles. The maximum atomic E-state index is 10.2. The Balaban J connectivity index is 0.00000144. The first-order valence-electron chi connectivity index (χ1n) is 3.14.